The molecule has 0 aliphatic carbocycles. The third-order valence-corrected chi connectivity index (χ3v) is 3.40. The highest BCUT2D eigenvalue weighted by Crippen LogP contribution is 2.24. The summed E-state index contributed by atoms with van der Waals surface area (Å²) >= 11 is 0. The number of hydrogen-bond acceptors (Lipinski definition) is 5. The molecule has 0 saturated heterocycles. The van der Waals surface area contributed by atoms with Gasteiger partial charge in [0.25, 0.3) is 5.89 Å². The molecule has 0 amide bonds. The number of ether oxygens (including phenoxy) is 1. The minimum absolute atomic E-state index is 0.116. The van der Waals surface area contributed by atoms with Crippen molar-refractivity contribution in [3.63, 3.8) is 0 Å². The Bertz CT molecular complexity index is 814. The fourth-order valence-corrected chi connectivity index (χ4v) is 2.05. The predicted octanol–water partition coefficient (Wildman–Crippen LogP) is 3.59. The second kappa shape index (κ2) is 7.52. The normalized spacial score (nSPS) is 11.5. The summed E-state index contributed by atoms with van der Waals surface area (Å²) in [6.45, 7) is 0.240. The molecule has 0 spiro atoms. The number of nitrogens with zero attached hydrogens (tertiary/aromatic N) is 2. The number of halogens is 1. The predicted molar refractivity (Wildman–Crippen MR) is 88.9 cm³/mol. The van der Waals surface area contributed by atoms with Crippen LogP contribution in [0.15, 0.2) is 71.0 Å². The molecule has 2 aromatic carbocycles. The molecule has 0 atom stereocenters. The summed E-state index contributed by atoms with van der Waals surface area (Å²) < 4.78 is 23.2. The lowest BCUT2D eigenvalue weighted by atomic mass is 10.2. The van der Waals surface area contributed by atoms with Gasteiger partial charge in [0, 0.05) is 23.2 Å². The van der Waals surface area contributed by atoms with Crippen LogP contribution in [0, 0.1) is 0 Å². The van der Waals surface area contributed by atoms with E-state index in [1.54, 1.807) is 24.3 Å². The SMILES string of the molecule is NC/C(=C/F)COc1ccc(-c2nc(-c3ccccc3)no2)cc1. The van der Waals surface area contributed by atoms with Crippen LogP contribution in [0.25, 0.3) is 22.8 Å². The third-order valence-electron chi connectivity index (χ3n) is 3.40. The second-order valence-electron chi connectivity index (χ2n) is 5.07. The zero-order valence-corrected chi connectivity index (χ0v) is 12.9. The lowest BCUT2D eigenvalue weighted by Crippen LogP contribution is -2.10. The minimum atomic E-state index is 0.116. The summed E-state index contributed by atoms with van der Waals surface area (Å²) in [5, 5.41) is 3.99. The monoisotopic (exact) mass is 325 g/mol. The lowest BCUT2D eigenvalue weighted by molar-refractivity contribution is 0.347. The van der Waals surface area contributed by atoms with Crippen LogP contribution in [0.5, 0.6) is 5.75 Å². The van der Waals surface area contributed by atoms with Gasteiger partial charge in [0.1, 0.15) is 12.4 Å². The highest BCUT2D eigenvalue weighted by molar-refractivity contribution is 5.60. The highest BCUT2D eigenvalue weighted by atomic mass is 19.1. The van der Waals surface area contributed by atoms with Crippen LogP contribution in [0.3, 0.4) is 0 Å². The fraction of sp³-hybridized carbons (Fsp3) is 0.111. The van der Waals surface area contributed by atoms with Crippen LogP contribution in [0.2, 0.25) is 0 Å². The van der Waals surface area contributed by atoms with Gasteiger partial charge >= 0.3 is 0 Å². The first-order valence-corrected chi connectivity index (χ1v) is 7.40. The third kappa shape index (κ3) is 3.67. The summed E-state index contributed by atoms with van der Waals surface area (Å²) in [4.78, 5) is 4.39. The zero-order valence-electron chi connectivity index (χ0n) is 12.9. The van der Waals surface area contributed by atoms with Crippen LogP contribution in [-0.2, 0) is 0 Å². The quantitative estimate of drug-likeness (QED) is 0.749. The Labute approximate surface area is 138 Å². The fourth-order valence-electron chi connectivity index (χ4n) is 2.05. The van der Waals surface area contributed by atoms with E-state index in [1.165, 1.54) is 0 Å². The largest absolute Gasteiger partial charge is 0.489 e. The van der Waals surface area contributed by atoms with E-state index in [0.717, 1.165) is 11.1 Å². The van der Waals surface area contributed by atoms with Crippen LogP contribution < -0.4 is 10.5 Å². The van der Waals surface area contributed by atoms with Gasteiger partial charge in [-0.15, -0.1) is 0 Å². The first kappa shape index (κ1) is 15.9. The van der Waals surface area contributed by atoms with Crippen molar-refractivity contribution in [2.75, 3.05) is 13.2 Å². The number of aromatic nitrogens is 2. The summed E-state index contributed by atoms with van der Waals surface area (Å²) in [7, 11) is 0. The molecule has 122 valence electrons. The van der Waals surface area contributed by atoms with E-state index < -0.39 is 0 Å². The summed E-state index contributed by atoms with van der Waals surface area (Å²) in [5.41, 5.74) is 7.44. The van der Waals surface area contributed by atoms with Crippen LogP contribution in [-0.4, -0.2) is 23.3 Å². The van der Waals surface area contributed by atoms with Gasteiger partial charge in [-0.1, -0.05) is 35.5 Å². The van der Waals surface area contributed by atoms with Crippen molar-refractivity contribution in [2.45, 2.75) is 0 Å². The van der Waals surface area contributed by atoms with E-state index in [-0.39, 0.29) is 13.2 Å². The Morgan fingerprint density at radius 1 is 1.08 bits per heavy atom. The molecule has 6 heteroatoms. The molecule has 0 saturated carbocycles. The molecule has 3 rings (SSSR count). The van der Waals surface area contributed by atoms with Crippen molar-refractivity contribution in [3.05, 3.63) is 66.5 Å². The van der Waals surface area contributed by atoms with Crippen molar-refractivity contribution in [2.24, 2.45) is 5.73 Å². The lowest BCUT2D eigenvalue weighted by Gasteiger charge is -2.07. The van der Waals surface area contributed by atoms with Gasteiger partial charge in [-0.05, 0) is 24.3 Å². The molecule has 0 unspecified atom stereocenters. The first-order valence-electron chi connectivity index (χ1n) is 7.40. The van der Waals surface area contributed by atoms with Crippen molar-refractivity contribution in [1.82, 2.24) is 10.1 Å². The molecule has 1 aromatic heterocycles. The Balaban J connectivity index is 1.71. The number of nitrogens with two attached hydrogens (primary N) is 1. The minimum Gasteiger partial charge on any atom is -0.489 e. The molecule has 0 aliphatic heterocycles. The zero-order chi connectivity index (χ0) is 16.8. The van der Waals surface area contributed by atoms with Crippen molar-refractivity contribution < 1.29 is 13.7 Å². The molecular weight excluding hydrogens is 309 g/mol. The average Bonchev–Trinajstić information content (AvgIpc) is 3.14. The van der Waals surface area contributed by atoms with E-state index in [1.807, 2.05) is 30.3 Å². The molecule has 5 nitrogen and oxygen atoms in total. The molecule has 3 aromatic rings. The van der Waals surface area contributed by atoms with Gasteiger partial charge in [-0.3, -0.25) is 0 Å². The van der Waals surface area contributed by atoms with Gasteiger partial charge < -0.3 is 15.0 Å². The summed E-state index contributed by atoms with van der Waals surface area (Å²) in [6, 6.07) is 16.7. The van der Waals surface area contributed by atoms with Crippen molar-refractivity contribution >= 4 is 0 Å². The maximum Gasteiger partial charge on any atom is 0.258 e. The molecule has 0 bridgehead atoms. The van der Waals surface area contributed by atoms with Crippen LogP contribution >= 0.6 is 0 Å². The second-order valence-corrected chi connectivity index (χ2v) is 5.07. The van der Waals surface area contributed by atoms with Crippen molar-refractivity contribution in [1.29, 1.82) is 0 Å². The molecule has 0 radical (unpaired) electrons. The molecular formula is C18H16FN3O2. The first-order chi connectivity index (χ1) is 11.8. The maximum atomic E-state index is 12.4. The molecule has 24 heavy (non-hydrogen) atoms. The number of hydrogen-bond donors (Lipinski definition) is 1. The summed E-state index contributed by atoms with van der Waals surface area (Å²) in [6.07, 6.45) is 0.470. The molecule has 1 heterocycles. The number of rotatable bonds is 6. The average molecular weight is 325 g/mol. The molecule has 0 aliphatic rings. The molecule has 2 N–H and O–H groups in total. The van der Waals surface area contributed by atoms with Crippen molar-refractivity contribution in [3.8, 4) is 28.6 Å². The van der Waals surface area contributed by atoms with E-state index in [9.17, 15) is 4.39 Å². The van der Waals surface area contributed by atoms with Gasteiger partial charge in [-0.25, -0.2) is 4.39 Å². The smallest absolute Gasteiger partial charge is 0.258 e. The van der Waals surface area contributed by atoms with E-state index >= 15 is 0 Å². The van der Waals surface area contributed by atoms with Gasteiger partial charge in [0.15, 0.2) is 0 Å². The van der Waals surface area contributed by atoms with Gasteiger partial charge in [0.05, 0.1) is 6.33 Å². The van der Waals surface area contributed by atoms with Gasteiger partial charge in [0.2, 0.25) is 5.82 Å². The van der Waals surface area contributed by atoms with E-state index in [2.05, 4.69) is 10.1 Å². The Morgan fingerprint density at radius 3 is 2.50 bits per heavy atom. The van der Waals surface area contributed by atoms with Gasteiger partial charge in [-0.2, -0.15) is 4.98 Å². The molecule has 0 fully saturated rings. The topological polar surface area (TPSA) is 74.2 Å². The summed E-state index contributed by atoms with van der Waals surface area (Å²) in [5.74, 6) is 1.56. The van der Waals surface area contributed by atoms with Crippen LogP contribution in [0.4, 0.5) is 4.39 Å². The Morgan fingerprint density at radius 2 is 1.83 bits per heavy atom. The Hall–Kier alpha value is -2.99. The Kier molecular flexibility index (Phi) is 4.98. The standard InChI is InChI=1S/C18H16FN3O2/c19-10-13(11-20)12-23-16-8-6-15(7-9-16)18-21-17(22-24-18)14-4-2-1-3-5-14/h1-10H,11-12,20H2/b13-10-. The highest BCUT2D eigenvalue weighted by Gasteiger charge is 2.10. The number of benzene rings is 2. The van der Waals surface area contributed by atoms with Crippen LogP contribution in [0.1, 0.15) is 0 Å². The van der Waals surface area contributed by atoms with E-state index in [4.69, 9.17) is 15.0 Å². The van der Waals surface area contributed by atoms with E-state index in [0.29, 0.717) is 29.4 Å². The maximum absolute atomic E-state index is 12.4.